The Hall–Kier alpha value is -2.34. The van der Waals surface area contributed by atoms with Crippen LogP contribution in [0.2, 0.25) is 0 Å². The summed E-state index contributed by atoms with van der Waals surface area (Å²) in [6.07, 6.45) is 7.65. The Morgan fingerprint density at radius 3 is 2.89 bits per heavy atom. The quantitative estimate of drug-likeness (QED) is 0.813. The van der Waals surface area contributed by atoms with Crippen molar-refractivity contribution in [3.8, 4) is 5.75 Å². The Kier molecular flexibility index (Phi) is 5.16. The van der Waals surface area contributed by atoms with Gasteiger partial charge in [-0.3, -0.25) is 9.48 Å². The van der Waals surface area contributed by atoms with Crippen molar-refractivity contribution in [3.63, 3.8) is 0 Å². The maximum absolute atomic E-state index is 12.6. The van der Waals surface area contributed by atoms with Crippen molar-refractivity contribution in [3.05, 3.63) is 47.8 Å². The van der Waals surface area contributed by atoms with Crippen LogP contribution in [-0.2, 0) is 28.1 Å². The lowest BCUT2D eigenvalue weighted by Crippen LogP contribution is -2.48. The molecule has 0 N–H and O–H groups in total. The molecule has 2 aliphatic rings. The SMILES string of the molecule is COc1cccc2c1C1(CCN(C(=O)CCCn3cccn3)CC1)OCC2. The number of benzene rings is 1. The predicted molar refractivity (Wildman–Crippen MR) is 102 cm³/mol. The summed E-state index contributed by atoms with van der Waals surface area (Å²) in [6, 6.07) is 8.15. The Morgan fingerprint density at radius 2 is 2.15 bits per heavy atom. The van der Waals surface area contributed by atoms with Gasteiger partial charge in [0.15, 0.2) is 0 Å². The standard InChI is InChI=1S/C21H27N3O3/c1-26-18-6-2-5-17-8-16-27-21(20(17)18)9-14-23(15-10-21)19(25)7-3-12-24-13-4-11-22-24/h2,4-6,11,13H,3,7-10,12,14-16H2,1H3. The topological polar surface area (TPSA) is 56.6 Å². The van der Waals surface area contributed by atoms with Gasteiger partial charge >= 0.3 is 0 Å². The second kappa shape index (κ2) is 7.72. The highest BCUT2D eigenvalue weighted by Crippen LogP contribution is 2.45. The number of piperidine rings is 1. The van der Waals surface area contributed by atoms with Gasteiger partial charge in [-0.2, -0.15) is 5.10 Å². The summed E-state index contributed by atoms with van der Waals surface area (Å²) in [5.41, 5.74) is 2.20. The number of likely N-dealkylation sites (tertiary alicyclic amines) is 1. The van der Waals surface area contributed by atoms with Gasteiger partial charge in [0.1, 0.15) is 11.4 Å². The second-order valence-electron chi connectivity index (χ2n) is 7.34. The Bertz CT molecular complexity index is 766. The van der Waals surface area contributed by atoms with E-state index in [1.165, 1.54) is 11.1 Å². The molecule has 0 unspecified atom stereocenters. The number of methoxy groups -OCH3 is 1. The van der Waals surface area contributed by atoms with Gasteiger partial charge in [-0.25, -0.2) is 0 Å². The average Bonchev–Trinajstić information content (AvgIpc) is 3.22. The zero-order chi connectivity index (χ0) is 18.7. The Morgan fingerprint density at radius 1 is 1.30 bits per heavy atom. The third-order valence-corrected chi connectivity index (χ3v) is 5.80. The van der Waals surface area contributed by atoms with Gasteiger partial charge in [-0.15, -0.1) is 0 Å². The van der Waals surface area contributed by atoms with E-state index in [0.29, 0.717) is 6.42 Å². The normalized spacial score (nSPS) is 18.3. The smallest absolute Gasteiger partial charge is 0.222 e. The largest absolute Gasteiger partial charge is 0.496 e. The Labute approximate surface area is 160 Å². The van der Waals surface area contributed by atoms with Crippen LogP contribution < -0.4 is 4.74 Å². The summed E-state index contributed by atoms with van der Waals surface area (Å²) in [5, 5.41) is 4.18. The molecule has 6 nitrogen and oxygen atoms in total. The van der Waals surface area contributed by atoms with Crippen molar-refractivity contribution in [2.75, 3.05) is 26.8 Å². The number of aromatic nitrogens is 2. The molecule has 0 atom stereocenters. The molecular formula is C21H27N3O3. The number of carbonyl (C=O) groups is 1. The summed E-state index contributed by atoms with van der Waals surface area (Å²) in [5.74, 6) is 1.14. The monoisotopic (exact) mass is 369 g/mol. The number of fused-ring (bicyclic) bond motifs is 2. The van der Waals surface area contributed by atoms with Gasteiger partial charge in [-0.1, -0.05) is 12.1 Å². The number of ether oxygens (including phenoxy) is 2. The number of rotatable bonds is 5. The van der Waals surface area contributed by atoms with E-state index in [4.69, 9.17) is 9.47 Å². The van der Waals surface area contributed by atoms with Crippen LogP contribution in [0.1, 0.15) is 36.8 Å². The Balaban J connectivity index is 1.38. The summed E-state index contributed by atoms with van der Waals surface area (Å²) in [7, 11) is 1.72. The molecular weight excluding hydrogens is 342 g/mol. The number of hydrogen-bond acceptors (Lipinski definition) is 4. The summed E-state index contributed by atoms with van der Waals surface area (Å²) < 4.78 is 13.8. The number of carbonyl (C=O) groups excluding carboxylic acids is 1. The van der Waals surface area contributed by atoms with Crippen LogP contribution in [0.5, 0.6) is 5.75 Å². The minimum Gasteiger partial charge on any atom is -0.496 e. The highest BCUT2D eigenvalue weighted by molar-refractivity contribution is 5.76. The average molecular weight is 369 g/mol. The lowest BCUT2D eigenvalue weighted by Gasteiger charge is -2.45. The fourth-order valence-electron chi connectivity index (χ4n) is 4.40. The number of hydrogen-bond donors (Lipinski definition) is 0. The first-order valence-electron chi connectivity index (χ1n) is 9.77. The van der Waals surface area contributed by atoms with Crippen LogP contribution in [0.4, 0.5) is 0 Å². The van der Waals surface area contributed by atoms with Crippen molar-refractivity contribution < 1.29 is 14.3 Å². The van der Waals surface area contributed by atoms with Crippen molar-refractivity contribution in [1.29, 1.82) is 0 Å². The number of nitrogens with zero attached hydrogens (tertiary/aromatic N) is 3. The van der Waals surface area contributed by atoms with Crippen LogP contribution in [0, 0.1) is 0 Å². The van der Waals surface area contributed by atoms with Crippen molar-refractivity contribution in [2.24, 2.45) is 0 Å². The van der Waals surface area contributed by atoms with Crippen molar-refractivity contribution in [2.45, 2.75) is 44.2 Å². The molecule has 1 aromatic heterocycles. The maximum atomic E-state index is 12.6. The fraction of sp³-hybridized carbons (Fsp3) is 0.524. The molecule has 4 rings (SSSR count). The molecule has 0 saturated carbocycles. The summed E-state index contributed by atoms with van der Waals surface area (Å²) in [6.45, 7) is 2.98. The van der Waals surface area contributed by atoms with Gasteiger partial charge in [0.25, 0.3) is 0 Å². The highest BCUT2D eigenvalue weighted by Gasteiger charge is 2.43. The zero-order valence-corrected chi connectivity index (χ0v) is 15.9. The van der Waals surface area contributed by atoms with Crippen LogP contribution in [0.25, 0.3) is 0 Å². The molecule has 144 valence electrons. The third kappa shape index (κ3) is 3.58. The van der Waals surface area contributed by atoms with Gasteiger partial charge in [-0.05, 0) is 43.4 Å². The molecule has 0 bridgehead atoms. The van der Waals surface area contributed by atoms with E-state index in [1.807, 2.05) is 27.9 Å². The van der Waals surface area contributed by atoms with Crippen LogP contribution >= 0.6 is 0 Å². The molecule has 2 aromatic rings. The molecule has 1 fully saturated rings. The van der Waals surface area contributed by atoms with E-state index in [1.54, 1.807) is 13.3 Å². The van der Waals surface area contributed by atoms with Gasteiger partial charge in [0, 0.05) is 44.0 Å². The molecule has 2 aliphatic heterocycles. The van der Waals surface area contributed by atoms with E-state index in [0.717, 1.165) is 57.7 Å². The molecule has 27 heavy (non-hydrogen) atoms. The lowest BCUT2D eigenvalue weighted by molar-refractivity contribution is -0.141. The summed E-state index contributed by atoms with van der Waals surface area (Å²) >= 11 is 0. The summed E-state index contributed by atoms with van der Waals surface area (Å²) in [4.78, 5) is 14.6. The van der Waals surface area contributed by atoms with E-state index < -0.39 is 0 Å². The zero-order valence-electron chi connectivity index (χ0n) is 15.9. The minimum absolute atomic E-state index is 0.230. The molecule has 3 heterocycles. The van der Waals surface area contributed by atoms with Crippen LogP contribution in [-0.4, -0.2) is 47.4 Å². The van der Waals surface area contributed by atoms with E-state index in [2.05, 4.69) is 17.2 Å². The number of amides is 1. The molecule has 1 amide bonds. The van der Waals surface area contributed by atoms with E-state index in [-0.39, 0.29) is 11.5 Å². The van der Waals surface area contributed by atoms with Gasteiger partial charge in [0.2, 0.25) is 5.91 Å². The van der Waals surface area contributed by atoms with Gasteiger partial charge < -0.3 is 14.4 Å². The molecule has 0 radical (unpaired) electrons. The number of aryl methyl sites for hydroxylation is 1. The molecule has 1 spiro atoms. The van der Waals surface area contributed by atoms with Crippen molar-refractivity contribution in [1.82, 2.24) is 14.7 Å². The first-order valence-corrected chi connectivity index (χ1v) is 9.77. The molecule has 0 aliphatic carbocycles. The predicted octanol–water partition coefficient (Wildman–Crippen LogP) is 2.76. The minimum atomic E-state index is -0.313. The van der Waals surface area contributed by atoms with Crippen molar-refractivity contribution >= 4 is 5.91 Å². The fourth-order valence-corrected chi connectivity index (χ4v) is 4.40. The molecule has 6 heteroatoms. The molecule has 1 saturated heterocycles. The third-order valence-electron chi connectivity index (χ3n) is 5.80. The molecule has 1 aromatic carbocycles. The van der Waals surface area contributed by atoms with Gasteiger partial charge in [0.05, 0.1) is 13.7 Å². The first-order chi connectivity index (χ1) is 13.2. The highest BCUT2D eigenvalue weighted by atomic mass is 16.5. The van der Waals surface area contributed by atoms with Crippen LogP contribution in [0.15, 0.2) is 36.7 Å². The van der Waals surface area contributed by atoms with E-state index in [9.17, 15) is 4.79 Å². The lowest BCUT2D eigenvalue weighted by atomic mass is 9.78. The van der Waals surface area contributed by atoms with E-state index >= 15 is 0 Å². The van der Waals surface area contributed by atoms with Crippen LogP contribution in [0.3, 0.4) is 0 Å². The first kappa shape index (κ1) is 18.0. The maximum Gasteiger partial charge on any atom is 0.222 e. The second-order valence-corrected chi connectivity index (χ2v) is 7.34.